The normalized spacial score (nSPS) is 16.0. The van der Waals surface area contributed by atoms with Crippen molar-refractivity contribution in [3.05, 3.63) is 28.8 Å². The second kappa shape index (κ2) is 8.14. The maximum Gasteiger partial charge on any atom is 0.417 e. The van der Waals surface area contributed by atoms with Crippen LogP contribution in [0.15, 0.2) is 23.1 Å². The van der Waals surface area contributed by atoms with E-state index in [2.05, 4.69) is 4.72 Å². The molecule has 10 heteroatoms. The highest BCUT2D eigenvalue weighted by molar-refractivity contribution is 7.89. The summed E-state index contributed by atoms with van der Waals surface area (Å²) < 4.78 is 65.1. The molecule has 1 aromatic rings. The fraction of sp³-hybridized carbons (Fsp3) is 0.562. The molecule has 2 rings (SSSR count). The fourth-order valence-corrected chi connectivity index (χ4v) is 4.22. The molecule has 1 fully saturated rings. The smallest absolute Gasteiger partial charge is 0.343 e. The van der Waals surface area contributed by atoms with Gasteiger partial charge in [-0.1, -0.05) is 24.4 Å². The van der Waals surface area contributed by atoms with Crippen molar-refractivity contribution in [2.24, 2.45) is 0 Å². The Morgan fingerprint density at radius 1 is 1.31 bits per heavy atom. The van der Waals surface area contributed by atoms with Crippen molar-refractivity contribution in [1.82, 2.24) is 9.62 Å². The largest absolute Gasteiger partial charge is 0.417 e. The Kier molecular flexibility index (Phi) is 6.57. The summed E-state index contributed by atoms with van der Waals surface area (Å²) in [6.45, 7) is -0.192. The highest BCUT2D eigenvalue weighted by Crippen LogP contribution is 2.35. The number of carbonyl (C=O) groups excluding carboxylic acids is 1. The number of hydrogen-bond acceptors (Lipinski definition) is 3. The molecule has 0 radical (unpaired) electrons. The van der Waals surface area contributed by atoms with Gasteiger partial charge in [0.05, 0.1) is 15.5 Å². The van der Waals surface area contributed by atoms with E-state index in [1.165, 1.54) is 0 Å². The second-order valence-electron chi connectivity index (χ2n) is 6.23. The first-order chi connectivity index (χ1) is 12.0. The number of amides is 1. The van der Waals surface area contributed by atoms with Crippen molar-refractivity contribution in [3.63, 3.8) is 0 Å². The summed E-state index contributed by atoms with van der Waals surface area (Å²) in [6, 6.07) is 2.53. The van der Waals surface area contributed by atoms with E-state index in [-0.39, 0.29) is 24.9 Å². The third-order valence-electron chi connectivity index (χ3n) is 4.45. The lowest BCUT2D eigenvalue weighted by Crippen LogP contribution is -2.37. The number of alkyl halides is 3. The third-order valence-corrected chi connectivity index (χ3v) is 6.24. The van der Waals surface area contributed by atoms with Crippen molar-refractivity contribution < 1.29 is 26.4 Å². The summed E-state index contributed by atoms with van der Waals surface area (Å²) in [5.74, 6) is -0.202. The Morgan fingerprint density at radius 2 is 1.92 bits per heavy atom. The molecular formula is C16H20ClF3N2O3S. The van der Waals surface area contributed by atoms with Gasteiger partial charge in [0.25, 0.3) is 0 Å². The number of benzene rings is 1. The van der Waals surface area contributed by atoms with Crippen LogP contribution >= 0.6 is 11.6 Å². The van der Waals surface area contributed by atoms with E-state index < -0.39 is 31.7 Å². The van der Waals surface area contributed by atoms with Gasteiger partial charge in [-0.05, 0) is 31.0 Å². The highest BCUT2D eigenvalue weighted by Gasteiger charge is 2.34. The average Bonchev–Trinajstić information content (AvgIpc) is 3.07. The van der Waals surface area contributed by atoms with Gasteiger partial charge in [-0.25, -0.2) is 13.1 Å². The molecule has 1 N–H and O–H groups in total. The van der Waals surface area contributed by atoms with E-state index in [1.807, 2.05) is 0 Å². The minimum atomic E-state index is -4.76. The monoisotopic (exact) mass is 412 g/mol. The van der Waals surface area contributed by atoms with E-state index in [0.29, 0.717) is 6.07 Å². The Hall–Kier alpha value is -1.32. The Labute approximate surface area is 155 Å². The highest BCUT2D eigenvalue weighted by atomic mass is 35.5. The summed E-state index contributed by atoms with van der Waals surface area (Å²) in [7, 11) is -2.50. The molecule has 5 nitrogen and oxygen atoms in total. The van der Waals surface area contributed by atoms with Crippen LogP contribution in [0, 0.1) is 0 Å². The Morgan fingerprint density at radius 3 is 2.50 bits per heavy atom. The Balaban J connectivity index is 1.99. The van der Waals surface area contributed by atoms with Gasteiger partial charge >= 0.3 is 6.18 Å². The van der Waals surface area contributed by atoms with E-state index in [1.54, 1.807) is 11.9 Å². The summed E-state index contributed by atoms with van der Waals surface area (Å²) >= 11 is 5.49. The van der Waals surface area contributed by atoms with Crippen molar-refractivity contribution in [3.8, 4) is 0 Å². The SMILES string of the molecule is CN(C(=O)CCNS(=O)(=O)c1ccc(Cl)c(C(F)(F)F)c1)C1CCCC1. The van der Waals surface area contributed by atoms with Crippen LogP contribution in [0.25, 0.3) is 0 Å². The molecule has 1 aromatic carbocycles. The number of carbonyl (C=O) groups is 1. The van der Waals surface area contributed by atoms with Crippen LogP contribution in [0.2, 0.25) is 5.02 Å². The van der Waals surface area contributed by atoms with Gasteiger partial charge in [0.1, 0.15) is 0 Å². The predicted molar refractivity (Wildman–Crippen MR) is 91.3 cm³/mol. The number of nitrogens with one attached hydrogen (secondary N) is 1. The molecule has 0 aromatic heterocycles. The van der Waals surface area contributed by atoms with Gasteiger partial charge < -0.3 is 4.90 Å². The molecule has 0 atom stereocenters. The van der Waals surface area contributed by atoms with Gasteiger partial charge in [0, 0.05) is 26.1 Å². The maximum atomic E-state index is 12.9. The molecule has 0 bridgehead atoms. The number of hydrogen-bond donors (Lipinski definition) is 1. The van der Waals surface area contributed by atoms with Crippen LogP contribution < -0.4 is 4.72 Å². The van der Waals surface area contributed by atoms with Crippen molar-refractivity contribution in [2.45, 2.75) is 49.2 Å². The average molecular weight is 413 g/mol. The van der Waals surface area contributed by atoms with Crippen molar-refractivity contribution in [2.75, 3.05) is 13.6 Å². The number of nitrogens with zero attached hydrogens (tertiary/aromatic N) is 1. The molecule has 1 amide bonds. The summed E-state index contributed by atoms with van der Waals surface area (Å²) in [6.07, 6.45) is -0.841. The Bertz CT molecular complexity index is 762. The molecule has 0 aliphatic heterocycles. The quantitative estimate of drug-likeness (QED) is 0.778. The van der Waals surface area contributed by atoms with E-state index >= 15 is 0 Å². The molecule has 0 saturated heterocycles. The topological polar surface area (TPSA) is 66.5 Å². The summed E-state index contributed by atoms with van der Waals surface area (Å²) in [4.78, 5) is 13.2. The van der Waals surface area contributed by atoms with E-state index in [0.717, 1.165) is 37.8 Å². The van der Waals surface area contributed by atoms with Crippen LogP contribution in [0.5, 0.6) is 0 Å². The molecule has 1 saturated carbocycles. The molecule has 26 heavy (non-hydrogen) atoms. The van der Waals surface area contributed by atoms with Gasteiger partial charge in [0.15, 0.2) is 0 Å². The molecule has 1 aliphatic rings. The molecule has 0 unspecified atom stereocenters. The number of sulfonamides is 1. The first kappa shape index (κ1) is 21.0. The van der Waals surface area contributed by atoms with Crippen LogP contribution in [0.1, 0.15) is 37.7 Å². The first-order valence-corrected chi connectivity index (χ1v) is 10.0. The molecule has 146 valence electrons. The lowest BCUT2D eigenvalue weighted by atomic mass is 10.2. The van der Waals surface area contributed by atoms with Crippen LogP contribution in [-0.4, -0.2) is 38.9 Å². The molecule has 1 aliphatic carbocycles. The van der Waals surface area contributed by atoms with Crippen molar-refractivity contribution >= 4 is 27.5 Å². The standard InChI is InChI=1S/C16H20ClF3N2O3S/c1-22(11-4-2-3-5-11)15(23)8-9-21-26(24,25)12-6-7-14(17)13(10-12)16(18,19)20/h6-7,10-11,21H,2-5,8-9H2,1H3. The zero-order chi connectivity index (χ0) is 19.5. The fourth-order valence-electron chi connectivity index (χ4n) is 2.94. The first-order valence-electron chi connectivity index (χ1n) is 8.14. The van der Waals surface area contributed by atoms with Gasteiger partial charge in [-0.2, -0.15) is 13.2 Å². The van der Waals surface area contributed by atoms with Gasteiger partial charge in [-0.15, -0.1) is 0 Å². The van der Waals surface area contributed by atoms with E-state index in [4.69, 9.17) is 11.6 Å². The zero-order valence-electron chi connectivity index (χ0n) is 14.1. The van der Waals surface area contributed by atoms with Crippen molar-refractivity contribution in [1.29, 1.82) is 0 Å². The summed E-state index contributed by atoms with van der Waals surface area (Å²) in [5.41, 5.74) is -1.22. The molecule has 0 heterocycles. The maximum absolute atomic E-state index is 12.9. The zero-order valence-corrected chi connectivity index (χ0v) is 15.7. The minimum Gasteiger partial charge on any atom is -0.343 e. The van der Waals surface area contributed by atoms with Crippen LogP contribution in [0.4, 0.5) is 13.2 Å². The molecule has 0 spiro atoms. The molecular weight excluding hydrogens is 393 g/mol. The lowest BCUT2D eigenvalue weighted by Gasteiger charge is -2.24. The van der Waals surface area contributed by atoms with Gasteiger partial charge in [0.2, 0.25) is 15.9 Å². The lowest BCUT2D eigenvalue weighted by molar-refractivity contribution is -0.137. The number of rotatable bonds is 6. The van der Waals surface area contributed by atoms with Crippen LogP contribution in [-0.2, 0) is 21.0 Å². The predicted octanol–water partition coefficient (Wildman–Crippen LogP) is 3.43. The second-order valence-corrected chi connectivity index (χ2v) is 8.40. The third kappa shape index (κ3) is 5.11. The summed E-state index contributed by atoms with van der Waals surface area (Å²) in [5, 5.41) is -0.579. The minimum absolute atomic E-state index is 0.0635. The van der Waals surface area contributed by atoms with Crippen LogP contribution in [0.3, 0.4) is 0 Å². The van der Waals surface area contributed by atoms with Gasteiger partial charge in [-0.3, -0.25) is 4.79 Å². The van der Waals surface area contributed by atoms with E-state index in [9.17, 15) is 26.4 Å². The number of halogens is 4.